The Morgan fingerprint density at radius 3 is 2.53 bits per heavy atom. The second kappa shape index (κ2) is 3.19. The van der Waals surface area contributed by atoms with E-state index in [1.165, 1.54) is 0 Å². The lowest BCUT2D eigenvalue weighted by atomic mass is 9.89. The molecule has 1 N–H and O–H groups in total. The lowest BCUT2D eigenvalue weighted by molar-refractivity contribution is -0.141. The van der Waals surface area contributed by atoms with Crippen LogP contribution in [0.1, 0.15) is 24.0 Å². The molecule has 0 radical (unpaired) electrons. The third-order valence-electron chi connectivity index (χ3n) is 4.31. The molecule has 0 heterocycles. The zero-order chi connectivity index (χ0) is 12.2. The fraction of sp³-hybridized carbons (Fsp3) is 0.429. The predicted octanol–water partition coefficient (Wildman–Crippen LogP) is 1.93. The summed E-state index contributed by atoms with van der Waals surface area (Å²) < 4.78 is 0. The van der Waals surface area contributed by atoms with Crippen LogP contribution in [-0.4, -0.2) is 16.9 Å². The van der Waals surface area contributed by atoms with Gasteiger partial charge in [0.1, 0.15) is 5.78 Å². The largest absolute Gasteiger partial charge is 0.481 e. The van der Waals surface area contributed by atoms with Gasteiger partial charge >= 0.3 is 5.97 Å². The van der Waals surface area contributed by atoms with E-state index in [9.17, 15) is 14.7 Å². The molecular weight excluding hydrogens is 216 g/mol. The van der Waals surface area contributed by atoms with Crippen LogP contribution in [0.3, 0.4) is 0 Å². The first-order chi connectivity index (χ1) is 8.08. The quantitative estimate of drug-likeness (QED) is 0.844. The van der Waals surface area contributed by atoms with Crippen molar-refractivity contribution in [2.75, 3.05) is 0 Å². The van der Waals surface area contributed by atoms with Gasteiger partial charge in [0.15, 0.2) is 0 Å². The van der Waals surface area contributed by atoms with Crippen LogP contribution in [0, 0.1) is 18.8 Å². The number of aliphatic carboxylic acids is 1. The van der Waals surface area contributed by atoms with E-state index in [4.69, 9.17) is 0 Å². The Hall–Kier alpha value is -1.64. The van der Waals surface area contributed by atoms with Gasteiger partial charge in [0.2, 0.25) is 0 Å². The van der Waals surface area contributed by atoms with Crippen LogP contribution in [0.5, 0.6) is 0 Å². The van der Waals surface area contributed by atoms with Crippen LogP contribution in [0.4, 0.5) is 0 Å². The minimum absolute atomic E-state index is 0.0233. The van der Waals surface area contributed by atoms with E-state index in [-0.39, 0.29) is 11.7 Å². The maximum absolute atomic E-state index is 12.1. The van der Waals surface area contributed by atoms with Crippen molar-refractivity contribution in [1.29, 1.82) is 0 Å². The van der Waals surface area contributed by atoms with Crippen LogP contribution < -0.4 is 0 Å². The average Bonchev–Trinajstić information content (AvgIpc) is 2.87. The monoisotopic (exact) mass is 230 g/mol. The van der Waals surface area contributed by atoms with Crippen molar-refractivity contribution in [2.45, 2.75) is 25.2 Å². The SMILES string of the molecule is Cc1ccc([C@]23C(=O)CC[C@@H]2[C@@H]3C(=O)O)cc1. The van der Waals surface area contributed by atoms with Gasteiger partial charge in [-0.05, 0) is 24.8 Å². The Kier molecular flexibility index (Phi) is 1.97. The number of carboxylic acids is 1. The molecule has 2 fully saturated rings. The van der Waals surface area contributed by atoms with Crippen molar-refractivity contribution < 1.29 is 14.7 Å². The molecule has 2 saturated carbocycles. The molecule has 88 valence electrons. The first-order valence-corrected chi connectivity index (χ1v) is 5.91. The van der Waals surface area contributed by atoms with Crippen molar-refractivity contribution in [3.8, 4) is 0 Å². The lowest BCUT2D eigenvalue weighted by Crippen LogP contribution is -2.23. The molecule has 0 aromatic heterocycles. The second-order valence-corrected chi connectivity index (χ2v) is 5.12. The maximum Gasteiger partial charge on any atom is 0.308 e. The highest BCUT2D eigenvalue weighted by atomic mass is 16.4. The Morgan fingerprint density at radius 1 is 1.35 bits per heavy atom. The van der Waals surface area contributed by atoms with E-state index < -0.39 is 17.3 Å². The number of rotatable bonds is 2. The first kappa shape index (κ1) is 10.5. The Bertz CT molecular complexity index is 503. The van der Waals surface area contributed by atoms with E-state index in [1.807, 2.05) is 31.2 Å². The number of benzene rings is 1. The van der Waals surface area contributed by atoms with E-state index in [2.05, 4.69) is 0 Å². The predicted molar refractivity (Wildman–Crippen MR) is 61.7 cm³/mol. The van der Waals surface area contributed by atoms with E-state index in [1.54, 1.807) is 0 Å². The van der Waals surface area contributed by atoms with Crippen LogP contribution in [0.15, 0.2) is 24.3 Å². The van der Waals surface area contributed by atoms with Crippen molar-refractivity contribution in [3.63, 3.8) is 0 Å². The molecule has 1 aromatic carbocycles. The molecular formula is C14H14O3. The highest BCUT2D eigenvalue weighted by Crippen LogP contribution is 2.67. The summed E-state index contributed by atoms with van der Waals surface area (Å²) in [7, 11) is 0. The van der Waals surface area contributed by atoms with Gasteiger partial charge in [-0.15, -0.1) is 0 Å². The molecule has 3 nitrogen and oxygen atoms in total. The van der Waals surface area contributed by atoms with Crippen molar-refractivity contribution >= 4 is 11.8 Å². The number of hydrogen-bond donors (Lipinski definition) is 1. The summed E-state index contributed by atoms with van der Waals surface area (Å²) in [6.07, 6.45) is 1.26. The lowest BCUT2D eigenvalue weighted by Gasteiger charge is -2.13. The molecule has 0 spiro atoms. The average molecular weight is 230 g/mol. The van der Waals surface area contributed by atoms with E-state index in [0.29, 0.717) is 6.42 Å². The maximum atomic E-state index is 12.1. The number of fused-ring (bicyclic) bond motifs is 1. The standard InChI is InChI=1S/C14H14O3/c1-8-2-4-9(5-3-8)14-10(6-7-11(14)15)12(14)13(16)17/h2-5,10,12H,6-7H2,1H3,(H,16,17)/t10-,12-,14-/m1/s1. The summed E-state index contributed by atoms with van der Waals surface area (Å²) in [4.78, 5) is 23.3. The summed E-state index contributed by atoms with van der Waals surface area (Å²) in [5, 5.41) is 9.21. The Labute approximate surface area is 99.5 Å². The summed E-state index contributed by atoms with van der Waals surface area (Å²) in [5.74, 6) is -1.19. The fourth-order valence-corrected chi connectivity index (χ4v) is 3.48. The highest BCUT2D eigenvalue weighted by molar-refractivity contribution is 6.03. The molecule has 3 atom stereocenters. The van der Waals surface area contributed by atoms with Gasteiger partial charge in [0.05, 0.1) is 11.3 Å². The number of Topliss-reactive ketones (excluding diaryl/α,β-unsaturated/α-hetero) is 1. The summed E-state index contributed by atoms with van der Waals surface area (Å²) >= 11 is 0. The fourth-order valence-electron chi connectivity index (χ4n) is 3.48. The number of ketones is 1. The van der Waals surface area contributed by atoms with Crippen molar-refractivity contribution in [2.24, 2.45) is 11.8 Å². The van der Waals surface area contributed by atoms with Gasteiger partial charge in [0, 0.05) is 6.42 Å². The first-order valence-electron chi connectivity index (χ1n) is 5.91. The molecule has 17 heavy (non-hydrogen) atoms. The van der Waals surface area contributed by atoms with Crippen LogP contribution in [0.25, 0.3) is 0 Å². The van der Waals surface area contributed by atoms with E-state index in [0.717, 1.165) is 17.5 Å². The van der Waals surface area contributed by atoms with Gasteiger partial charge in [-0.1, -0.05) is 29.8 Å². The van der Waals surface area contributed by atoms with Crippen LogP contribution >= 0.6 is 0 Å². The minimum atomic E-state index is -0.830. The van der Waals surface area contributed by atoms with Gasteiger partial charge in [-0.3, -0.25) is 9.59 Å². The topological polar surface area (TPSA) is 54.4 Å². The van der Waals surface area contributed by atoms with Crippen LogP contribution in [-0.2, 0) is 15.0 Å². The van der Waals surface area contributed by atoms with Gasteiger partial charge in [-0.25, -0.2) is 0 Å². The van der Waals surface area contributed by atoms with E-state index >= 15 is 0 Å². The molecule has 2 aliphatic carbocycles. The Morgan fingerprint density at radius 2 is 2.00 bits per heavy atom. The third kappa shape index (κ3) is 1.17. The van der Waals surface area contributed by atoms with Crippen molar-refractivity contribution in [1.82, 2.24) is 0 Å². The molecule has 3 heteroatoms. The molecule has 2 aliphatic rings. The smallest absolute Gasteiger partial charge is 0.308 e. The Balaban J connectivity index is 2.07. The molecule has 0 aliphatic heterocycles. The summed E-state index contributed by atoms with van der Waals surface area (Å²) in [5.41, 5.74) is 1.32. The summed E-state index contributed by atoms with van der Waals surface area (Å²) in [6.45, 7) is 1.98. The van der Waals surface area contributed by atoms with Crippen molar-refractivity contribution in [3.05, 3.63) is 35.4 Å². The molecule has 3 rings (SSSR count). The molecule has 0 bridgehead atoms. The number of carboxylic acid groups (broad SMARTS) is 1. The third-order valence-corrected chi connectivity index (χ3v) is 4.31. The molecule has 0 unspecified atom stereocenters. The van der Waals surface area contributed by atoms with Gasteiger partial charge < -0.3 is 5.11 Å². The van der Waals surface area contributed by atoms with Gasteiger partial charge in [0.25, 0.3) is 0 Å². The zero-order valence-electron chi connectivity index (χ0n) is 9.64. The van der Waals surface area contributed by atoms with Gasteiger partial charge in [-0.2, -0.15) is 0 Å². The zero-order valence-corrected chi connectivity index (χ0v) is 9.64. The van der Waals surface area contributed by atoms with Crippen LogP contribution in [0.2, 0.25) is 0 Å². The molecule has 0 amide bonds. The normalized spacial score (nSPS) is 34.5. The molecule has 1 aromatic rings. The number of carbonyl (C=O) groups is 2. The second-order valence-electron chi connectivity index (χ2n) is 5.12. The highest BCUT2D eigenvalue weighted by Gasteiger charge is 2.75. The number of hydrogen-bond acceptors (Lipinski definition) is 2. The number of carbonyl (C=O) groups excluding carboxylic acids is 1. The molecule has 0 saturated heterocycles. The number of aryl methyl sites for hydroxylation is 1. The minimum Gasteiger partial charge on any atom is -0.481 e. The summed E-state index contributed by atoms with van der Waals surface area (Å²) in [6, 6.07) is 7.72.